The van der Waals surface area contributed by atoms with Crippen LogP contribution in [0.4, 0.5) is 11.6 Å². The standard InChI is InChI=1S/C16H16ClN7O3/c1-2-14(23-9-13(7-19-23)24(26)27)15(25)20-16-18-10-22(21-16)8-11-4-3-5-12(17)6-11/h3-7,9-10,14H,2,8H2,1H3,(H,20,21,25). The van der Waals surface area contributed by atoms with Crippen molar-refractivity contribution in [3.8, 4) is 0 Å². The second kappa shape index (κ2) is 7.96. The average molecular weight is 390 g/mol. The number of benzene rings is 1. The molecule has 0 spiro atoms. The molecule has 1 N–H and O–H groups in total. The van der Waals surface area contributed by atoms with Crippen LogP contribution in [-0.2, 0) is 11.3 Å². The third-order valence-electron chi connectivity index (χ3n) is 3.81. The van der Waals surface area contributed by atoms with Gasteiger partial charge >= 0.3 is 5.69 Å². The van der Waals surface area contributed by atoms with Crippen molar-refractivity contribution in [2.24, 2.45) is 0 Å². The van der Waals surface area contributed by atoms with Gasteiger partial charge in [-0.25, -0.2) is 9.67 Å². The van der Waals surface area contributed by atoms with Gasteiger partial charge in [-0.3, -0.25) is 24.9 Å². The van der Waals surface area contributed by atoms with Crippen molar-refractivity contribution in [2.75, 3.05) is 5.32 Å². The van der Waals surface area contributed by atoms with Gasteiger partial charge in [0.05, 0.1) is 11.5 Å². The van der Waals surface area contributed by atoms with Gasteiger partial charge in [-0.15, -0.1) is 5.10 Å². The summed E-state index contributed by atoms with van der Waals surface area (Å²) in [6.07, 6.45) is 4.22. The maximum absolute atomic E-state index is 12.5. The van der Waals surface area contributed by atoms with Crippen LogP contribution in [0, 0.1) is 10.1 Å². The summed E-state index contributed by atoms with van der Waals surface area (Å²) in [5, 5.41) is 22.1. The first kappa shape index (κ1) is 18.5. The van der Waals surface area contributed by atoms with E-state index in [0.29, 0.717) is 18.0 Å². The number of nitrogens with one attached hydrogen (secondary N) is 1. The first-order valence-electron chi connectivity index (χ1n) is 8.09. The predicted octanol–water partition coefficient (Wildman–Crippen LogP) is 2.67. The van der Waals surface area contributed by atoms with Crippen molar-refractivity contribution >= 4 is 29.1 Å². The number of hydrogen-bond donors (Lipinski definition) is 1. The molecule has 27 heavy (non-hydrogen) atoms. The molecule has 1 aromatic carbocycles. The molecule has 10 nitrogen and oxygen atoms in total. The van der Waals surface area contributed by atoms with Gasteiger partial charge < -0.3 is 0 Å². The lowest BCUT2D eigenvalue weighted by Gasteiger charge is -2.13. The Morgan fingerprint density at radius 2 is 2.26 bits per heavy atom. The minimum atomic E-state index is -0.710. The van der Waals surface area contributed by atoms with E-state index in [-0.39, 0.29) is 11.6 Å². The Morgan fingerprint density at radius 1 is 1.44 bits per heavy atom. The van der Waals surface area contributed by atoms with Gasteiger partial charge in [-0.2, -0.15) is 5.10 Å². The Kier molecular flexibility index (Phi) is 5.46. The zero-order chi connectivity index (χ0) is 19.4. The van der Waals surface area contributed by atoms with Gasteiger partial charge in [0.2, 0.25) is 5.95 Å². The third kappa shape index (κ3) is 4.47. The molecular formula is C16H16ClN7O3. The van der Waals surface area contributed by atoms with Crippen LogP contribution in [0.3, 0.4) is 0 Å². The predicted molar refractivity (Wildman–Crippen MR) is 97.4 cm³/mol. The van der Waals surface area contributed by atoms with Crippen molar-refractivity contribution in [3.63, 3.8) is 0 Å². The van der Waals surface area contributed by atoms with Gasteiger partial charge in [0.1, 0.15) is 24.8 Å². The lowest BCUT2D eigenvalue weighted by molar-refractivity contribution is -0.385. The Morgan fingerprint density at radius 3 is 2.93 bits per heavy atom. The summed E-state index contributed by atoms with van der Waals surface area (Å²) in [5.74, 6) is -0.266. The summed E-state index contributed by atoms with van der Waals surface area (Å²) in [6.45, 7) is 2.23. The fourth-order valence-corrected chi connectivity index (χ4v) is 2.74. The van der Waals surface area contributed by atoms with E-state index in [1.54, 1.807) is 17.7 Å². The minimum absolute atomic E-state index is 0.141. The number of nitrogens with zero attached hydrogens (tertiary/aromatic N) is 6. The maximum Gasteiger partial charge on any atom is 0.307 e. The molecule has 2 heterocycles. The van der Waals surface area contributed by atoms with Crippen molar-refractivity contribution in [1.29, 1.82) is 0 Å². The van der Waals surface area contributed by atoms with Crippen LogP contribution in [-0.4, -0.2) is 35.4 Å². The number of aromatic nitrogens is 5. The molecule has 0 saturated heterocycles. The number of anilines is 1. The van der Waals surface area contributed by atoms with Crippen molar-refractivity contribution in [2.45, 2.75) is 25.9 Å². The lowest BCUT2D eigenvalue weighted by Crippen LogP contribution is -2.26. The molecule has 0 fully saturated rings. The number of rotatable bonds is 7. The van der Waals surface area contributed by atoms with Crippen LogP contribution in [0.15, 0.2) is 43.0 Å². The molecule has 3 rings (SSSR count). The van der Waals surface area contributed by atoms with Crippen LogP contribution in [0.5, 0.6) is 0 Å². The number of amides is 1. The van der Waals surface area contributed by atoms with Gasteiger partial charge in [0.15, 0.2) is 0 Å². The monoisotopic (exact) mass is 389 g/mol. The first-order valence-corrected chi connectivity index (χ1v) is 8.47. The van der Waals surface area contributed by atoms with Crippen molar-refractivity contribution in [3.05, 3.63) is 63.7 Å². The fourth-order valence-electron chi connectivity index (χ4n) is 2.53. The molecule has 1 atom stereocenters. The summed E-state index contributed by atoms with van der Waals surface area (Å²) < 4.78 is 2.83. The highest BCUT2D eigenvalue weighted by Gasteiger charge is 2.23. The summed E-state index contributed by atoms with van der Waals surface area (Å²) in [7, 11) is 0. The second-order valence-electron chi connectivity index (χ2n) is 5.74. The number of carbonyl (C=O) groups is 1. The molecule has 0 aliphatic rings. The maximum atomic E-state index is 12.5. The Bertz CT molecular complexity index is 968. The van der Waals surface area contributed by atoms with Gasteiger partial charge in [-0.1, -0.05) is 30.7 Å². The number of hydrogen-bond acceptors (Lipinski definition) is 6. The summed E-state index contributed by atoms with van der Waals surface area (Å²) >= 11 is 5.96. The first-order chi connectivity index (χ1) is 13.0. The van der Waals surface area contributed by atoms with E-state index in [0.717, 1.165) is 11.8 Å². The zero-order valence-electron chi connectivity index (χ0n) is 14.3. The van der Waals surface area contributed by atoms with E-state index in [1.807, 2.05) is 18.2 Å². The Hall–Kier alpha value is -3.27. The zero-order valence-corrected chi connectivity index (χ0v) is 15.1. The summed E-state index contributed by atoms with van der Waals surface area (Å²) in [5.41, 5.74) is 0.769. The number of nitro groups is 1. The Balaban J connectivity index is 1.67. The van der Waals surface area contributed by atoms with Gasteiger partial charge in [-0.05, 0) is 24.1 Å². The molecule has 140 valence electrons. The molecule has 0 bridgehead atoms. The fraction of sp³-hybridized carbons (Fsp3) is 0.250. The summed E-state index contributed by atoms with van der Waals surface area (Å²) in [6, 6.07) is 6.64. The molecule has 11 heteroatoms. The average Bonchev–Trinajstić information content (AvgIpc) is 3.26. The largest absolute Gasteiger partial charge is 0.307 e. The second-order valence-corrected chi connectivity index (χ2v) is 6.18. The molecule has 1 amide bonds. The van der Waals surface area contributed by atoms with Crippen molar-refractivity contribution in [1.82, 2.24) is 24.5 Å². The molecule has 3 aromatic rings. The minimum Gasteiger partial charge on any atom is -0.291 e. The smallest absolute Gasteiger partial charge is 0.291 e. The van der Waals surface area contributed by atoms with Crippen LogP contribution >= 0.6 is 11.6 Å². The van der Waals surface area contributed by atoms with Gasteiger partial charge in [0, 0.05) is 5.02 Å². The highest BCUT2D eigenvalue weighted by molar-refractivity contribution is 6.30. The Labute approximate surface area is 158 Å². The van der Waals surface area contributed by atoms with E-state index in [4.69, 9.17) is 11.6 Å². The highest BCUT2D eigenvalue weighted by Crippen LogP contribution is 2.17. The van der Waals surface area contributed by atoms with Crippen LogP contribution in [0.25, 0.3) is 0 Å². The van der Waals surface area contributed by atoms with Gasteiger partial charge in [0.25, 0.3) is 5.91 Å². The van der Waals surface area contributed by atoms with Crippen LogP contribution in [0.2, 0.25) is 5.02 Å². The number of carbonyl (C=O) groups excluding carboxylic acids is 1. The number of halogens is 1. The molecule has 1 unspecified atom stereocenters. The lowest BCUT2D eigenvalue weighted by atomic mass is 10.2. The van der Waals surface area contributed by atoms with E-state index in [9.17, 15) is 14.9 Å². The van der Waals surface area contributed by atoms with E-state index in [1.165, 1.54) is 17.2 Å². The molecule has 2 aromatic heterocycles. The molecule has 0 radical (unpaired) electrons. The molecule has 0 aliphatic carbocycles. The normalized spacial score (nSPS) is 11.9. The third-order valence-corrected chi connectivity index (χ3v) is 4.05. The quantitative estimate of drug-likeness (QED) is 0.489. The molecule has 0 saturated carbocycles. The molecular weight excluding hydrogens is 374 g/mol. The van der Waals surface area contributed by atoms with Crippen molar-refractivity contribution < 1.29 is 9.72 Å². The van der Waals surface area contributed by atoms with E-state index >= 15 is 0 Å². The van der Waals surface area contributed by atoms with E-state index < -0.39 is 16.9 Å². The SMILES string of the molecule is CCC(C(=O)Nc1ncn(Cc2cccc(Cl)c2)n1)n1cc([N+](=O)[O-])cn1. The highest BCUT2D eigenvalue weighted by atomic mass is 35.5. The van der Waals surface area contributed by atoms with E-state index in [2.05, 4.69) is 20.5 Å². The van der Waals surface area contributed by atoms with Crippen LogP contribution in [0.1, 0.15) is 24.9 Å². The molecule has 0 aliphatic heterocycles. The van der Waals surface area contributed by atoms with Crippen LogP contribution < -0.4 is 5.32 Å². The summed E-state index contributed by atoms with van der Waals surface area (Å²) in [4.78, 5) is 26.8. The topological polar surface area (TPSA) is 121 Å².